The number of nitrogens with one attached hydrogen (secondary N) is 3. The van der Waals surface area contributed by atoms with Crippen molar-refractivity contribution >= 4 is 39.8 Å². The second kappa shape index (κ2) is 11.4. The third kappa shape index (κ3) is 5.36. The van der Waals surface area contributed by atoms with E-state index in [0.717, 1.165) is 55.5 Å². The highest BCUT2D eigenvalue weighted by molar-refractivity contribution is 6.02. The number of aromatic nitrogens is 3. The SMILES string of the molecule is C=CC(=O)Nc1cc(N2CCC(N3CCCC3)CC2)c(F)cc1Nc1ncc(C#N)c(-c2c[nH]c3ccccc23)n1. The van der Waals surface area contributed by atoms with Crippen LogP contribution in [0, 0.1) is 17.1 Å². The highest BCUT2D eigenvalue weighted by Crippen LogP contribution is 2.36. The number of piperidine rings is 1. The fourth-order valence-corrected chi connectivity index (χ4v) is 5.89. The van der Waals surface area contributed by atoms with Gasteiger partial charge in [0.1, 0.15) is 11.9 Å². The Balaban J connectivity index is 1.30. The number of H-pyrrole nitrogens is 1. The fourth-order valence-electron chi connectivity index (χ4n) is 5.89. The van der Waals surface area contributed by atoms with Crippen molar-refractivity contribution in [2.45, 2.75) is 31.7 Å². The largest absolute Gasteiger partial charge is 0.369 e. The molecule has 0 bridgehead atoms. The van der Waals surface area contributed by atoms with E-state index in [0.29, 0.717) is 34.4 Å². The van der Waals surface area contributed by atoms with Crippen LogP contribution in [0.5, 0.6) is 0 Å². The maximum absolute atomic E-state index is 15.6. The van der Waals surface area contributed by atoms with Crippen molar-refractivity contribution in [3.8, 4) is 17.3 Å². The predicted molar refractivity (Wildman–Crippen MR) is 159 cm³/mol. The van der Waals surface area contributed by atoms with Crippen LogP contribution in [0.3, 0.4) is 0 Å². The van der Waals surface area contributed by atoms with Gasteiger partial charge >= 0.3 is 0 Å². The molecule has 4 aromatic rings. The second-order valence-corrected chi connectivity index (χ2v) is 10.4. The zero-order valence-corrected chi connectivity index (χ0v) is 22.7. The van der Waals surface area contributed by atoms with Crippen LogP contribution in [0.1, 0.15) is 31.2 Å². The van der Waals surface area contributed by atoms with Crippen molar-refractivity contribution in [3.05, 3.63) is 72.8 Å². The smallest absolute Gasteiger partial charge is 0.247 e. The Morgan fingerprint density at radius 2 is 1.93 bits per heavy atom. The molecule has 6 rings (SSSR count). The van der Waals surface area contributed by atoms with Crippen LogP contribution in [-0.2, 0) is 4.79 Å². The number of nitriles is 1. The van der Waals surface area contributed by atoms with E-state index in [4.69, 9.17) is 0 Å². The Bertz CT molecular complexity index is 1640. The number of carbonyl (C=O) groups excluding carboxylic acids is 1. The number of carbonyl (C=O) groups is 1. The zero-order valence-electron chi connectivity index (χ0n) is 22.7. The molecule has 3 N–H and O–H groups in total. The summed E-state index contributed by atoms with van der Waals surface area (Å²) in [5, 5.41) is 16.5. The number of rotatable bonds is 7. The number of nitrogens with zero attached hydrogens (tertiary/aromatic N) is 5. The molecule has 2 aromatic carbocycles. The maximum Gasteiger partial charge on any atom is 0.247 e. The molecule has 1 amide bonds. The molecule has 2 fully saturated rings. The van der Waals surface area contributed by atoms with E-state index in [-0.39, 0.29) is 5.95 Å². The Labute approximate surface area is 237 Å². The molecule has 0 spiro atoms. The summed E-state index contributed by atoms with van der Waals surface area (Å²) in [6.45, 7) is 7.33. The Kier molecular flexibility index (Phi) is 7.35. The molecule has 41 heavy (non-hydrogen) atoms. The first-order valence-corrected chi connectivity index (χ1v) is 13.9. The number of hydrogen-bond donors (Lipinski definition) is 3. The monoisotopic (exact) mass is 550 g/mol. The molecule has 0 aliphatic carbocycles. The summed E-state index contributed by atoms with van der Waals surface area (Å²) in [5.41, 5.74) is 3.53. The van der Waals surface area contributed by atoms with Gasteiger partial charge in [-0.2, -0.15) is 5.26 Å². The van der Waals surface area contributed by atoms with E-state index in [1.165, 1.54) is 31.2 Å². The third-order valence-electron chi connectivity index (χ3n) is 7.99. The minimum absolute atomic E-state index is 0.164. The highest BCUT2D eigenvalue weighted by Gasteiger charge is 2.28. The van der Waals surface area contributed by atoms with Gasteiger partial charge in [-0.3, -0.25) is 4.79 Å². The lowest BCUT2D eigenvalue weighted by molar-refractivity contribution is -0.111. The van der Waals surface area contributed by atoms with Crippen molar-refractivity contribution in [3.63, 3.8) is 0 Å². The Hall–Kier alpha value is -4.75. The van der Waals surface area contributed by atoms with Gasteiger partial charge in [-0.25, -0.2) is 14.4 Å². The summed E-state index contributed by atoms with van der Waals surface area (Å²) in [7, 11) is 0. The number of para-hydroxylation sites is 1. The minimum Gasteiger partial charge on any atom is -0.369 e. The lowest BCUT2D eigenvalue weighted by Gasteiger charge is -2.38. The molecule has 9 nitrogen and oxygen atoms in total. The van der Waals surface area contributed by atoms with Crippen LogP contribution in [0.15, 0.2) is 61.4 Å². The molecule has 2 saturated heterocycles. The van der Waals surface area contributed by atoms with Gasteiger partial charge in [0.05, 0.1) is 34.5 Å². The van der Waals surface area contributed by atoms with Crippen LogP contribution < -0.4 is 15.5 Å². The number of benzene rings is 2. The Morgan fingerprint density at radius 1 is 1.15 bits per heavy atom. The number of halogens is 1. The molecule has 208 valence electrons. The van der Waals surface area contributed by atoms with Gasteiger partial charge in [0, 0.05) is 47.9 Å². The molecule has 0 radical (unpaired) electrons. The average molecular weight is 551 g/mol. The van der Waals surface area contributed by atoms with Gasteiger partial charge < -0.3 is 25.4 Å². The quantitative estimate of drug-likeness (QED) is 0.258. The number of fused-ring (bicyclic) bond motifs is 1. The minimum atomic E-state index is -0.418. The summed E-state index contributed by atoms with van der Waals surface area (Å²) in [6, 6.07) is 13.4. The Morgan fingerprint density at radius 3 is 2.68 bits per heavy atom. The summed E-state index contributed by atoms with van der Waals surface area (Å²) in [4.78, 5) is 29.1. The van der Waals surface area contributed by atoms with E-state index in [1.807, 2.05) is 29.2 Å². The van der Waals surface area contributed by atoms with Crippen molar-refractivity contribution in [2.24, 2.45) is 0 Å². The van der Waals surface area contributed by atoms with Gasteiger partial charge in [-0.05, 0) is 57.0 Å². The van der Waals surface area contributed by atoms with Crippen molar-refractivity contribution in [1.29, 1.82) is 5.26 Å². The number of amides is 1. The normalized spacial score (nSPS) is 16.0. The van der Waals surface area contributed by atoms with Gasteiger partial charge in [0.2, 0.25) is 11.9 Å². The van der Waals surface area contributed by atoms with Gasteiger partial charge in [-0.1, -0.05) is 24.8 Å². The standard InChI is InChI=1S/C31H31FN8O/c1-2-29(41)36-27-16-28(40-13-9-21(10-14-40)39-11-5-6-12-39)24(32)15-26(27)37-31-35-18-20(17-33)30(38-31)23-19-34-25-8-4-3-7-22(23)25/h2-4,7-8,15-16,18-19,21,34H,1,5-6,9-14H2,(H,36,41)(H,35,37,38). The first-order chi connectivity index (χ1) is 20.0. The summed E-state index contributed by atoms with van der Waals surface area (Å²) in [6.07, 6.45) is 8.86. The van der Waals surface area contributed by atoms with Crippen LogP contribution in [-0.4, -0.2) is 58.0 Å². The van der Waals surface area contributed by atoms with Crippen LogP contribution >= 0.6 is 0 Å². The lowest BCUT2D eigenvalue weighted by Crippen LogP contribution is -2.44. The first-order valence-electron chi connectivity index (χ1n) is 13.9. The predicted octanol–water partition coefficient (Wildman–Crippen LogP) is 5.57. The topological polar surface area (TPSA) is 113 Å². The van der Waals surface area contributed by atoms with Crippen molar-refractivity contribution in [2.75, 3.05) is 41.7 Å². The van der Waals surface area contributed by atoms with Gasteiger partial charge in [-0.15, -0.1) is 0 Å². The third-order valence-corrected chi connectivity index (χ3v) is 7.99. The molecule has 2 aliphatic rings. The van der Waals surface area contributed by atoms with Crippen molar-refractivity contribution < 1.29 is 9.18 Å². The number of aromatic amines is 1. The molecular formula is C31H31FN8O. The van der Waals surface area contributed by atoms with E-state index in [1.54, 1.807) is 12.3 Å². The van der Waals surface area contributed by atoms with Crippen LogP contribution in [0.25, 0.3) is 22.2 Å². The van der Waals surface area contributed by atoms with Gasteiger partial charge in [0.25, 0.3) is 0 Å². The highest BCUT2D eigenvalue weighted by atomic mass is 19.1. The van der Waals surface area contributed by atoms with E-state index >= 15 is 4.39 Å². The first kappa shape index (κ1) is 26.5. The average Bonchev–Trinajstić information content (AvgIpc) is 3.69. The number of hydrogen-bond acceptors (Lipinski definition) is 7. The zero-order chi connectivity index (χ0) is 28.3. The molecule has 0 saturated carbocycles. The van der Waals surface area contributed by atoms with Crippen LogP contribution in [0.2, 0.25) is 0 Å². The number of likely N-dealkylation sites (tertiary alicyclic amines) is 1. The molecule has 2 aromatic heterocycles. The molecular weight excluding hydrogens is 519 g/mol. The molecule has 0 unspecified atom stereocenters. The lowest BCUT2D eigenvalue weighted by atomic mass is 10.0. The van der Waals surface area contributed by atoms with E-state index < -0.39 is 11.7 Å². The molecule has 4 heterocycles. The van der Waals surface area contributed by atoms with Crippen LogP contribution in [0.4, 0.5) is 27.4 Å². The van der Waals surface area contributed by atoms with Gasteiger partial charge in [0.15, 0.2) is 0 Å². The van der Waals surface area contributed by atoms with E-state index in [2.05, 4.69) is 43.1 Å². The molecule has 2 aliphatic heterocycles. The summed E-state index contributed by atoms with van der Waals surface area (Å²) < 4.78 is 15.6. The fraction of sp³-hybridized carbons (Fsp3) is 0.290. The second-order valence-electron chi connectivity index (χ2n) is 10.4. The molecule has 0 atom stereocenters. The summed E-state index contributed by atoms with van der Waals surface area (Å²) >= 11 is 0. The summed E-state index contributed by atoms with van der Waals surface area (Å²) in [5.74, 6) is -0.662. The van der Waals surface area contributed by atoms with E-state index in [9.17, 15) is 10.1 Å². The number of anilines is 4. The maximum atomic E-state index is 15.6. The van der Waals surface area contributed by atoms with Crippen molar-refractivity contribution in [1.82, 2.24) is 19.9 Å². The molecule has 10 heteroatoms.